The van der Waals surface area contributed by atoms with Crippen LogP contribution in [0.4, 0.5) is 10.5 Å². The average Bonchev–Trinajstić information content (AvgIpc) is 2.96. The molecule has 0 radical (unpaired) electrons. The molecule has 3 aromatic carbocycles. The standard InChI is InChI=1S/C31H36N2O5/c1-4-18-36-31(35)32-27-16-14-26(15-17-27)30-37-28(20-33(3)22(2)24-8-6-5-7-9-24)19-29(38-30)25-12-10-23(21-34)11-13-25/h4-17,22,28-30,34H,1,18-21H2,2-3H3,(H,32,35)/t22-,28-,29+,30+/m0/s1. The summed E-state index contributed by atoms with van der Waals surface area (Å²) in [7, 11) is 2.11. The van der Waals surface area contributed by atoms with Crippen LogP contribution in [0.5, 0.6) is 0 Å². The second kappa shape index (κ2) is 13.3. The third kappa shape index (κ3) is 7.30. The zero-order valence-electron chi connectivity index (χ0n) is 22.0. The Morgan fingerprint density at radius 3 is 2.42 bits per heavy atom. The number of nitrogens with zero attached hydrogens (tertiary/aromatic N) is 1. The van der Waals surface area contributed by atoms with Crippen LogP contribution >= 0.6 is 0 Å². The average molecular weight is 517 g/mol. The van der Waals surface area contributed by atoms with Gasteiger partial charge in [-0.25, -0.2) is 4.79 Å². The van der Waals surface area contributed by atoms with Crippen molar-refractivity contribution in [3.63, 3.8) is 0 Å². The molecule has 1 amide bonds. The van der Waals surface area contributed by atoms with Crippen molar-refractivity contribution in [2.75, 3.05) is 25.5 Å². The molecular weight excluding hydrogens is 480 g/mol. The normalized spacial score (nSPS) is 20.1. The largest absolute Gasteiger partial charge is 0.445 e. The highest BCUT2D eigenvalue weighted by Gasteiger charge is 2.33. The van der Waals surface area contributed by atoms with E-state index in [-0.39, 0.29) is 31.5 Å². The number of benzene rings is 3. The molecule has 0 bridgehead atoms. The van der Waals surface area contributed by atoms with Gasteiger partial charge < -0.3 is 19.3 Å². The first-order valence-electron chi connectivity index (χ1n) is 12.9. The Balaban J connectivity index is 1.50. The van der Waals surface area contributed by atoms with E-state index in [0.29, 0.717) is 12.1 Å². The van der Waals surface area contributed by atoms with Crippen LogP contribution < -0.4 is 5.32 Å². The van der Waals surface area contributed by atoms with Gasteiger partial charge in [0.05, 0.1) is 18.8 Å². The minimum Gasteiger partial charge on any atom is -0.445 e. The molecule has 7 nitrogen and oxygen atoms in total. The van der Waals surface area contributed by atoms with E-state index in [4.69, 9.17) is 14.2 Å². The maximum absolute atomic E-state index is 11.9. The summed E-state index contributed by atoms with van der Waals surface area (Å²) in [6, 6.07) is 25.9. The topological polar surface area (TPSA) is 80.3 Å². The lowest BCUT2D eigenvalue weighted by atomic mass is 9.99. The molecule has 3 aromatic rings. The number of aliphatic hydroxyl groups excluding tert-OH is 1. The molecule has 0 saturated carbocycles. The molecule has 1 aliphatic rings. The van der Waals surface area contributed by atoms with Crippen molar-refractivity contribution in [3.05, 3.63) is 114 Å². The van der Waals surface area contributed by atoms with Crippen LogP contribution in [-0.2, 0) is 20.8 Å². The van der Waals surface area contributed by atoms with Gasteiger partial charge in [0, 0.05) is 30.3 Å². The number of rotatable bonds is 10. The zero-order valence-corrected chi connectivity index (χ0v) is 22.0. The number of hydrogen-bond acceptors (Lipinski definition) is 6. The molecule has 4 atom stereocenters. The van der Waals surface area contributed by atoms with Crippen molar-refractivity contribution in [2.45, 2.75) is 44.5 Å². The van der Waals surface area contributed by atoms with Gasteiger partial charge in [0.15, 0.2) is 6.29 Å². The number of amides is 1. The minimum absolute atomic E-state index is 0.00382. The molecule has 7 heteroatoms. The zero-order chi connectivity index (χ0) is 26.9. The van der Waals surface area contributed by atoms with Crippen molar-refractivity contribution >= 4 is 11.8 Å². The Kier molecular flexibility index (Phi) is 9.67. The van der Waals surface area contributed by atoms with Crippen molar-refractivity contribution < 1.29 is 24.1 Å². The first kappa shape index (κ1) is 27.5. The summed E-state index contributed by atoms with van der Waals surface area (Å²) in [6.07, 6.45) is 0.874. The summed E-state index contributed by atoms with van der Waals surface area (Å²) < 4.78 is 17.9. The summed E-state index contributed by atoms with van der Waals surface area (Å²) in [5, 5.41) is 12.1. The van der Waals surface area contributed by atoms with Crippen LogP contribution in [0.15, 0.2) is 91.5 Å². The molecule has 1 fully saturated rings. The molecule has 200 valence electrons. The van der Waals surface area contributed by atoms with Crippen molar-refractivity contribution in [1.82, 2.24) is 4.90 Å². The van der Waals surface area contributed by atoms with E-state index in [2.05, 4.69) is 55.0 Å². The molecule has 0 unspecified atom stereocenters. The van der Waals surface area contributed by atoms with Gasteiger partial charge in [-0.15, -0.1) is 0 Å². The fraction of sp³-hybridized carbons (Fsp3) is 0.323. The number of hydrogen-bond donors (Lipinski definition) is 2. The second-order valence-corrected chi connectivity index (χ2v) is 9.51. The maximum atomic E-state index is 11.9. The van der Waals surface area contributed by atoms with Crippen LogP contribution in [0.2, 0.25) is 0 Å². The lowest BCUT2D eigenvalue weighted by Gasteiger charge is -2.39. The van der Waals surface area contributed by atoms with E-state index in [1.54, 1.807) is 12.1 Å². The first-order chi connectivity index (χ1) is 18.5. The highest BCUT2D eigenvalue weighted by molar-refractivity contribution is 5.84. The van der Waals surface area contributed by atoms with Crippen LogP contribution in [0.3, 0.4) is 0 Å². The molecular formula is C31H36N2O5. The highest BCUT2D eigenvalue weighted by Crippen LogP contribution is 2.38. The summed E-state index contributed by atoms with van der Waals surface area (Å²) in [5.41, 5.74) is 4.63. The summed E-state index contributed by atoms with van der Waals surface area (Å²) in [6.45, 7) is 6.62. The molecule has 38 heavy (non-hydrogen) atoms. The van der Waals surface area contributed by atoms with Gasteiger partial charge in [-0.1, -0.05) is 79.4 Å². The smallest absolute Gasteiger partial charge is 0.411 e. The Hall–Kier alpha value is -3.49. The van der Waals surface area contributed by atoms with E-state index in [1.807, 2.05) is 42.5 Å². The predicted octanol–water partition coefficient (Wildman–Crippen LogP) is 6.15. The molecule has 4 rings (SSSR count). The maximum Gasteiger partial charge on any atom is 0.411 e. The quantitative estimate of drug-likeness (QED) is 0.315. The van der Waals surface area contributed by atoms with Crippen molar-refractivity contribution in [1.29, 1.82) is 0 Å². The Labute approximate surface area is 224 Å². The third-order valence-electron chi connectivity index (χ3n) is 6.81. The Morgan fingerprint density at radius 2 is 1.76 bits per heavy atom. The Morgan fingerprint density at radius 1 is 1.08 bits per heavy atom. The number of ether oxygens (including phenoxy) is 3. The predicted molar refractivity (Wildman–Crippen MR) is 148 cm³/mol. The van der Waals surface area contributed by atoms with Gasteiger partial charge >= 0.3 is 6.09 Å². The van der Waals surface area contributed by atoms with Crippen LogP contribution in [0.1, 0.15) is 54.0 Å². The van der Waals surface area contributed by atoms with Gasteiger partial charge in [0.2, 0.25) is 0 Å². The van der Waals surface area contributed by atoms with Gasteiger partial charge in [0.1, 0.15) is 6.61 Å². The number of carbonyl (C=O) groups excluding carboxylic acids is 1. The fourth-order valence-electron chi connectivity index (χ4n) is 4.51. The van der Waals surface area contributed by atoms with Gasteiger partial charge in [-0.2, -0.15) is 0 Å². The number of nitrogens with one attached hydrogen (secondary N) is 1. The molecule has 1 heterocycles. The Bertz CT molecular complexity index is 1170. The van der Waals surface area contributed by atoms with E-state index in [9.17, 15) is 9.90 Å². The van der Waals surface area contributed by atoms with Crippen molar-refractivity contribution in [2.24, 2.45) is 0 Å². The van der Waals surface area contributed by atoms with Crippen molar-refractivity contribution in [3.8, 4) is 0 Å². The van der Waals surface area contributed by atoms with Gasteiger partial charge in [-0.3, -0.25) is 10.2 Å². The number of likely N-dealkylation sites (N-methyl/N-ethyl adjacent to an activating group) is 1. The van der Waals surface area contributed by atoms with Gasteiger partial charge in [0.25, 0.3) is 0 Å². The van der Waals surface area contributed by atoms with E-state index in [1.165, 1.54) is 11.6 Å². The van der Waals surface area contributed by atoms with E-state index < -0.39 is 12.4 Å². The number of aliphatic hydroxyl groups is 1. The lowest BCUT2D eigenvalue weighted by Crippen LogP contribution is -2.38. The van der Waals surface area contributed by atoms with Crippen LogP contribution in [0.25, 0.3) is 0 Å². The molecule has 1 saturated heterocycles. The van der Waals surface area contributed by atoms with E-state index in [0.717, 1.165) is 23.2 Å². The summed E-state index contributed by atoms with van der Waals surface area (Å²) in [4.78, 5) is 14.2. The van der Waals surface area contributed by atoms with Crippen LogP contribution in [-0.4, -0.2) is 42.4 Å². The monoisotopic (exact) mass is 516 g/mol. The molecule has 0 aliphatic carbocycles. The minimum atomic E-state index is -0.571. The lowest BCUT2D eigenvalue weighted by molar-refractivity contribution is -0.253. The third-order valence-corrected chi connectivity index (χ3v) is 6.81. The summed E-state index contributed by atoms with van der Waals surface area (Å²) in [5.74, 6) is 0. The number of anilines is 1. The number of carbonyl (C=O) groups is 1. The molecule has 0 aromatic heterocycles. The van der Waals surface area contributed by atoms with E-state index >= 15 is 0 Å². The second-order valence-electron chi connectivity index (χ2n) is 9.51. The van der Waals surface area contributed by atoms with Gasteiger partial charge in [-0.05, 0) is 42.8 Å². The first-order valence-corrected chi connectivity index (χ1v) is 12.9. The SMILES string of the molecule is C=CCOC(=O)Nc1ccc([C@@H]2O[C@H](CN(C)[C@@H](C)c3ccccc3)C[C@H](c3ccc(CO)cc3)O2)cc1. The fourth-order valence-corrected chi connectivity index (χ4v) is 4.51. The molecule has 2 N–H and O–H groups in total. The molecule has 0 spiro atoms. The molecule has 1 aliphatic heterocycles. The summed E-state index contributed by atoms with van der Waals surface area (Å²) >= 11 is 0. The highest BCUT2D eigenvalue weighted by atomic mass is 16.7. The van der Waals surface area contributed by atoms with Crippen LogP contribution in [0, 0.1) is 0 Å².